The summed E-state index contributed by atoms with van der Waals surface area (Å²) >= 11 is 23.2. The third-order valence-corrected chi connectivity index (χ3v) is 7.26. The minimum Gasteiger partial charge on any atom is -0.369 e. The Hall–Kier alpha value is -1.85. The Balaban J connectivity index is 1.55. The van der Waals surface area contributed by atoms with Crippen LogP contribution in [0.15, 0.2) is 30.5 Å². The van der Waals surface area contributed by atoms with Crippen LogP contribution in [0.3, 0.4) is 0 Å². The molecular weight excluding hydrogens is 524 g/mol. The molecule has 13 heteroatoms. The minimum absolute atomic E-state index is 0.0141. The van der Waals surface area contributed by atoms with Gasteiger partial charge in [0.1, 0.15) is 23.1 Å². The average Bonchev–Trinajstić information content (AvgIpc) is 3.39. The molecule has 0 spiro atoms. The Morgan fingerprint density at radius 2 is 1.97 bits per heavy atom. The number of hydrogen-bond donors (Lipinski definition) is 2. The Kier molecular flexibility index (Phi) is 6.67. The summed E-state index contributed by atoms with van der Waals surface area (Å²) in [5, 5.41) is 2.79. The standard InChI is InChI=1S/C20H16Cl3F3N4O2S/c21-12-5-10(6-13(22)16(12)23)19(20(24,25)26)3-4-30(9-19)11-1-2-14(27-7-11)18(33)28-15-8-32-29-17(15)31/h1-2,5-7,15H,3-4,8-9H2,(H,28,33)(H,29,31). The van der Waals surface area contributed by atoms with Gasteiger partial charge in [-0.1, -0.05) is 47.0 Å². The molecule has 2 aliphatic rings. The lowest BCUT2D eigenvalue weighted by Gasteiger charge is -2.33. The smallest absolute Gasteiger partial charge is 0.369 e. The van der Waals surface area contributed by atoms with Crippen molar-refractivity contribution in [3.63, 3.8) is 0 Å². The number of carbonyl (C=O) groups is 1. The second-order valence-electron chi connectivity index (χ2n) is 7.71. The van der Waals surface area contributed by atoms with Crippen LogP contribution in [0.1, 0.15) is 17.7 Å². The fourth-order valence-electron chi connectivity index (χ4n) is 3.88. The number of nitrogens with one attached hydrogen (secondary N) is 2. The summed E-state index contributed by atoms with van der Waals surface area (Å²) in [6, 6.07) is 5.03. The molecule has 0 bridgehead atoms. The van der Waals surface area contributed by atoms with Gasteiger partial charge in [0.2, 0.25) is 0 Å². The van der Waals surface area contributed by atoms with Crippen molar-refractivity contribution in [2.24, 2.45) is 0 Å². The van der Waals surface area contributed by atoms with Gasteiger partial charge in [-0.15, -0.1) is 0 Å². The number of pyridine rings is 1. The maximum absolute atomic E-state index is 14.3. The van der Waals surface area contributed by atoms with Crippen LogP contribution < -0.4 is 15.7 Å². The number of halogens is 6. The molecule has 0 saturated carbocycles. The monoisotopic (exact) mass is 538 g/mol. The molecule has 2 fully saturated rings. The van der Waals surface area contributed by atoms with E-state index in [4.69, 9.17) is 51.9 Å². The van der Waals surface area contributed by atoms with Crippen LogP contribution in [-0.2, 0) is 15.0 Å². The summed E-state index contributed by atoms with van der Waals surface area (Å²) in [6.45, 7) is -0.0854. The van der Waals surface area contributed by atoms with Gasteiger partial charge in [0.25, 0.3) is 5.91 Å². The second-order valence-corrected chi connectivity index (χ2v) is 9.31. The normalized spacial score (nSPS) is 23.0. The van der Waals surface area contributed by atoms with Crippen LogP contribution >= 0.6 is 47.0 Å². The molecule has 1 aromatic heterocycles. The highest BCUT2D eigenvalue weighted by atomic mass is 35.5. The SMILES string of the molecule is O=C1NOCC1NC(=S)c1ccc(N2CCC(c3cc(Cl)c(Cl)c(Cl)c3)(C(F)(F)F)C2)cn1. The molecule has 2 aromatic rings. The van der Waals surface area contributed by atoms with Gasteiger partial charge in [-0.25, -0.2) is 5.48 Å². The maximum atomic E-state index is 14.3. The Bertz CT molecular complexity index is 1080. The van der Waals surface area contributed by atoms with Crippen molar-refractivity contribution in [3.8, 4) is 0 Å². The molecule has 0 aliphatic carbocycles. The molecular formula is C20H16Cl3F3N4O2S. The first kappa shape index (κ1) is 24.3. The topological polar surface area (TPSA) is 66.5 Å². The predicted octanol–water partition coefficient (Wildman–Crippen LogP) is 4.45. The maximum Gasteiger partial charge on any atom is 0.400 e. The lowest BCUT2D eigenvalue weighted by molar-refractivity contribution is -0.184. The van der Waals surface area contributed by atoms with Crippen molar-refractivity contribution in [1.29, 1.82) is 0 Å². The Morgan fingerprint density at radius 1 is 1.27 bits per heavy atom. The number of hydrogen-bond acceptors (Lipinski definition) is 5. The van der Waals surface area contributed by atoms with Gasteiger partial charge in [-0.3, -0.25) is 14.6 Å². The van der Waals surface area contributed by atoms with Crippen molar-refractivity contribution in [3.05, 3.63) is 56.8 Å². The van der Waals surface area contributed by atoms with Crippen molar-refractivity contribution in [2.75, 3.05) is 24.6 Å². The molecule has 1 aromatic carbocycles. The Morgan fingerprint density at radius 3 is 2.52 bits per heavy atom. The lowest BCUT2D eigenvalue weighted by atomic mass is 9.79. The number of benzene rings is 1. The first-order valence-corrected chi connectivity index (χ1v) is 11.2. The summed E-state index contributed by atoms with van der Waals surface area (Å²) in [6.07, 6.45) is -3.29. The highest BCUT2D eigenvalue weighted by Crippen LogP contribution is 2.50. The number of hydroxylamine groups is 1. The summed E-state index contributed by atoms with van der Waals surface area (Å²) in [5.41, 5.74) is 0.885. The summed E-state index contributed by atoms with van der Waals surface area (Å²) in [5.74, 6) is -0.350. The van der Waals surface area contributed by atoms with Crippen molar-refractivity contribution in [2.45, 2.75) is 24.1 Å². The molecule has 2 unspecified atom stereocenters. The van der Waals surface area contributed by atoms with Gasteiger partial charge in [0.15, 0.2) is 0 Å². The first-order valence-electron chi connectivity index (χ1n) is 9.67. The average molecular weight is 540 g/mol. The minimum atomic E-state index is -4.55. The fourth-order valence-corrected chi connectivity index (χ4v) is 4.74. The van der Waals surface area contributed by atoms with Gasteiger partial charge < -0.3 is 10.2 Å². The van der Waals surface area contributed by atoms with Crippen LogP contribution in [0, 0.1) is 0 Å². The van der Waals surface area contributed by atoms with Crippen LogP contribution in [0.4, 0.5) is 18.9 Å². The number of rotatable bonds is 4. The highest BCUT2D eigenvalue weighted by Gasteiger charge is 2.59. The molecule has 6 nitrogen and oxygen atoms in total. The van der Waals surface area contributed by atoms with Crippen molar-refractivity contribution < 1.29 is 22.8 Å². The van der Waals surface area contributed by atoms with E-state index in [1.165, 1.54) is 18.3 Å². The molecule has 2 N–H and O–H groups in total. The number of alkyl halides is 3. The second kappa shape index (κ2) is 9.07. The van der Waals surface area contributed by atoms with E-state index in [1.54, 1.807) is 17.0 Å². The highest BCUT2D eigenvalue weighted by molar-refractivity contribution is 7.80. The van der Waals surface area contributed by atoms with E-state index in [0.717, 1.165) is 0 Å². The van der Waals surface area contributed by atoms with Gasteiger partial charge in [0, 0.05) is 13.1 Å². The fraction of sp³-hybridized carbons (Fsp3) is 0.350. The lowest BCUT2D eigenvalue weighted by Crippen LogP contribution is -2.45. The number of thiocarbonyl (C=S) groups is 1. The van der Waals surface area contributed by atoms with Crippen LogP contribution in [-0.4, -0.2) is 47.8 Å². The molecule has 2 saturated heterocycles. The van der Waals surface area contributed by atoms with E-state index in [2.05, 4.69) is 15.8 Å². The van der Waals surface area contributed by atoms with Gasteiger partial charge in [0.05, 0.1) is 32.6 Å². The number of carbonyl (C=O) groups excluding carboxylic acids is 1. The first-order chi connectivity index (χ1) is 15.5. The molecule has 2 aliphatic heterocycles. The number of anilines is 1. The van der Waals surface area contributed by atoms with Gasteiger partial charge in [-0.2, -0.15) is 13.2 Å². The van der Waals surface area contributed by atoms with E-state index < -0.39 is 17.6 Å². The zero-order valence-corrected chi connectivity index (χ0v) is 19.8. The molecule has 4 rings (SSSR count). The van der Waals surface area contributed by atoms with E-state index in [-0.39, 0.29) is 57.6 Å². The summed E-state index contributed by atoms with van der Waals surface area (Å²) < 4.78 is 43.0. The third-order valence-electron chi connectivity index (χ3n) is 5.74. The van der Waals surface area contributed by atoms with E-state index in [1.807, 2.05) is 0 Å². The largest absolute Gasteiger partial charge is 0.400 e. The Labute approximate surface area is 207 Å². The summed E-state index contributed by atoms with van der Waals surface area (Å²) in [4.78, 5) is 22.5. The van der Waals surface area contributed by atoms with Crippen molar-refractivity contribution >= 4 is 63.6 Å². The molecule has 33 heavy (non-hydrogen) atoms. The number of aromatic nitrogens is 1. The predicted molar refractivity (Wildman–Crippen MR) is 123 cm³/mol. The zero-order valence-electron chi connectivity index (χ0n) is 16.7. The van der Waals surface area contributed by atoms with E-state index in [9.17, 15) is 18.0 Å². The van der Waals surface area contributed by atoms with Gasteiger partial charge >= 0.3 is 6.18 Å². The van der Waals surface area contributed by atoms with Crippen molar-refractivity contribution in [1.82, 2.24) is 15.8 Å². The third kappa shape index (κ3) is 4.59. The molecule has 1 amide bonds. The van der Waals surface area contributed by atoms with Gasteiger partial charge in [-0.05, 0) is 36.2 Å². The van der Waals surface area contributed by atoms with Crippen LogP contribution in [0.25, 0.3) is 0 Å². The quantitative estimate of drug-likeness (QED) is 0.442. The molecule has 3 heterocycles. The van der Waals surface area contributed by atoms with Crippen LogP contribution in [0.2, 0.25) is 15.1 Å². The molecule has 0 radical (unpaired) electrons. The molecule has 176 valence electrons. The summed E-state index contributed by atoms with van der Waals surface area (Å²) in [7, 11) is 0. The zero-order chi connectivity index (χ0) is 24.0. The van der Waals surface area contributed by atoms with Crippen LogP contribution in [0.5, 0.6) is 0 Å². The number of amides is 1. The van der Waals surface area contributed by atoms with E-state index in [0.29, 0.717) is 11.4 Å². The van der Waals surface area contributed by atoms with E-state index >= 15 is 0 Å². The molecule has 2 atom stereocenters. The number of nitrogens with zero attached hydrogens (tertiary/aromatic N) is 2.